The number of hydrogen-bond acceptors (Lipinski definition) is 4. The summed E-state index contributed by atoms with van der Waals surface area (Å²) in [7, 11) is 0. The van der Waals surface area contributed by atoms with E-state index in [4.69, 9.17) is 0 Å². The van der Waals surface area contributed by atoms with Gasteiger partial charge >= 0.3 is 0 Å². The number of carbonyl (C=O) groups excluding carboxylic acids is 2. The average Bonchev–Trinajstić information content (AvgIpc) is 3.19. The van der Waals surface area contributed by atoms with Crippen LogP contribution in [0.3, 0.4) is 0 Å². The lowest BCUT2D eigenvalue weighted by Gasteiger charge is -2.28. The zero-order valence-electron chi connectivity index (χ0n) is 13.1. The maximum atomic E-state index is 12.5. The molecule has 3 heterocycles. The molecular weight excluding hydrogens is 334 g/mol. The van der Waals surface area contributed by atoms with Crippen molar-refractivity contribution in [3.05, 3.63) is 22.4 Å². The molecule has 3 rings (SSSR count). The van der Waals surface area contributed by atoms with E-state index in [0.29, 0.717) is 13.0 Å². The highest BCUT2D eigenvalue weighted by Gasteiger charge is 2.34. The smallest absolute Gasteiger partial charge is 0.243 e. The average molecular weight is 358 g/mol. The third-order valence-corrected chi connectivity index (χ3v) is 5.30. The van der Waals surface area contributed by atoms with Gasteiger partial charge in [0.05, 0.1) is 6.42 Å². The molecule has 2 atom stereocenters. The Morgan fingerprint density at radius 3 is 2.91 bits per heavy atom. The molecule has 1 unspecified atom stereocenters. The molecule has 1 aromatic heterocycles. The molecule has 1 aromatic rings. The van der Waals surface area contributed by atoms with Crippen molar-refractivity contribution in [1.29, 1.82) is 0 Å². The van der Waals surface area contributed by atoms with Crippen molar-refractivity contribution in [3.8, 4) is 0 Å². The molecule has 2 saturated heterocycles. The number of nitrogens with zero attached hydrogens (tertiary/aromatic N) is 1. The number of rotatable bonds is 4. The third kappa shape index (κ3) is 4.68. The molecule has 2 aliphatic heterocycles. The minimum Gasteiger partial charge on any atom is -0.350 e. The normalized spacial score (nSPS) is 24.1. The van der Waals surface area contributed by atoms with Gasteiger partial charge in [0, 0.05) is 24.0 Å². The van der Waals surface area contributed by atoms with Crippen LogP contribution >= 0.6 is 23.7 Å². The van der Waals surface area contributed by atoms with Crippen LogP contribution in [-0.2, 0) is 16.0 Å². The minimum absolute atomic E-state index is 0. The first-order chi connectivity index (χ1) is 10.7. The number of likely N-dealkylation sites (tertiary alicyclic amines) is 1. The van der Waals surface area contributed by atoms with E-state index in [1.807, 2.05) is 17.5 Å². The Hall–Kier alpha value is -1.11. The summed E-state index contributed by atoms with van der Waals surface area (Å²) >= 11 is 1.59. The predicted octanol–water partition coefficient (Wildman–Crippen LogP) is 1.57. The molecule has 0 radical (unpaired) electrons. The molecule has 7 heteroatoms. The Balaban J connectivity index is 0.00000192. The lowest BCUT2D eigenvalue weighted by Crippen LogP contribution is -2.52. The van der Waals surface area contributed by atoms with E-state index >= 15 is 0 Å². The Labute approximate surface area is 147 Å². The summed E-state index contributed by atoms with van der Waals surface area (Å²) in [6.45, 7) is 2.56. The van der Waals surface area contributed by atoms with Gasteiger partial charge in [0.1, 0.15) is 6.04 Å². The highest BCUT2D eigenvalue weighted by molar-refractivity contribution is 7.10. The fourth-order valence-electron chi connectivity index (χ4n) is 3.27. The lowest BCUT2D eigenvalue weighted by molar-refractivity contribution is -0.138. The number of piperidine rings is 1. The van der Waals surface area contributed by atoms with Gasteiger partial charge in [-0.1, -0.05) is 6.07 Å². The number of hydrogen-bond donors (Lipinski definition) is 2. The molecule has 0 aromatic carbocycles. The number of thiophene rings is 1. The Morgan fingerprint density at radius 1 is 1.35 bits per heavy atom. The van der Waals surface area contributed by atoms with Gasteiger partial charge in [0.25, 0.3) is 0 Å². The van der Waals surface area contributed by atoms with Gasteiger partial charge in [0.2, 0.25) is 11.8 Å². The number of amides is 2. The molecular formula is C16H24ClN3O2S. The van der Waals surface area contributed by atoms with Crippen LogP contribution in [0.5, 0.6) is 0 Å². The van der Waals surface area contributed by atoms with Crippen molar-refractivity contribution < 1.29 is 9.59 Å². The minimum atomic E-state index is -0.283. The van der Waals surface area contributed by atoms with Gasteiger partial charge in [0.15, 0.2) is 0 Å². The molecule has 2 aliphatic rings. The van der Waals surface area contributed by atoms with E-state index in [1.54, 1.807) is 16.2 Å². The van der Waals surface area contributed by atoms with Crippen LogP contribution in [-0.4, -0.2) is 48.4 Å². The van der Waals surface area contributed by atoms with E-state index in [-0.39, 0.29) is 36.3 Å². The standard InChI is InChI=1S/C16H23N3O2S.ClH/c20-15(10-13-5-3-9-22-13)19-8-2-6-14(19)16(21)18-12-4-1-7-17-11-12;/h3,5,9,12,14,17H,1-2,4,6-8,10-11H2,(H,18,21);1H/t12-,14?;/m0./s1. The van der Waals surface area contributed by atoms with E-state index in [0.717, 1.165) is 43.6 Å². The lowest BCUT2D eigenvalue weighted by atomic mass is 10.1. The summed E-state index contributed by atoms with van der Waals surface area (Å²) < 4.78 is 0. The molecule has 128 valence electrons. The zero-order valence-corrected chi connectivity index (χ0v) is 14.8. The van der Waals surface area contributed by atoms with Crippen molar-refractivity contribution in [2.45, 2.75) is 44.2 Å². The van der Waals surface area contributed by atoms with Crippen molar-refractivity contribution in [3.63, 3.8) is 0 Å². The summed E-state index contributed by atoms with van der Waals surface area (Å²) in [4.78, 5) is 27.8. The zero-order chi connectivity index (χ0) is 15.4. The molecule has 23 heavy (non-hydrogen) atoms. The summed E-state index contributed by atoms with van der Waals surface area (Å²) in [5, 5.41) is 8.39. The summed E-state index contributed by atoms with van der Waals surface area (Å²) in [6.07, 6.45) is 4.22. The Kier molecular flexibility index (Phi) is 6.87. The van der Waals surface area contributed by atoms with Crippen molar-refractivity contribution in [1.82, 2.24) is 15.5 Å². The second-order valence-corrected chi connectivity index (χ2v) is 7.09. The maximum absolute atomic E-state index is 12.5. The predicted molar refractivity (Wildman–Crippen MR) is 94.0 cm³/mol. The summed E-state index contributed by atoms with van der Waals surface area (Å²) in [5.74, 6) is 0.0904. The van der Waals surface area contributed by atoms with Crippen LogP contribution in [0.4, 0.5) is 0 Å². The molecule has 0 saturated carbocycles. The van der Waals surface area contributed by atoms with E-state index in [1.165, 1.54) is 0 Å². The Bertz CT molecular complexity index is 517. The first-order valence-electron chi connectivity index (χ1n) is 8.07. The molecule has 2 fully saturated rings. The van der Waals surface area contributed by atoms with Gasteiger partial charge in [-0.15, -0.1) is 23.7 Å². The largest absolute Gasteiger partial charge is 0.350 e. The third-order valence-electron chi connectivity index (χ3n) is 4.42. The SMILES string of the molecule is Cl.O=C(N[C@H]1CCCNC1)C1CCCN1C(=O)Cc1cccs1. The van der Waals surface area contributed by atoms with Crippen LogP contribution in [0.2, 0.25) is 0 Å². The fraction of sp³-hybridized carbons (Fsp3) is 0.625. The first kappa shape index (κ1) is 18.2. The summed E-state index contributed by atoms with van der Waals surface area (Å²) in [5.41, 5.74) is 0. The van der Waals surface area contributed by atoms with Gasteiger partial charge in [-0.25, -0.2) is 0 Å². The number of nitrogens with one attached hydrogen (secondary N) is 2. The second kappa shape index (κ2) is 8.66. The van der Waals surface area contributed by atoms with Crippen LogP contribution in [0, 0.1) is 0 Å². The highest BCUT2D eigenvalue weighted by atomic mass is 35.5. The number of carbonyl (C=O) groups is 2. The highest BCUT2D eigenvalue weighted by Crippen LogP contribution is 2.20. The molecule has 0 spiro atoms. The quantitative estimate of drug-likeness (QED) is 0.859. The van der Waals surface area contributed by atoms with E-state index in [2.05, 4.69) is 10.6 Å². The van der Waals surface area contributed by atoms with Crippen LogP contribution in [0.25, 0.3) is 0 Å². The topological polar surface area (TPSA) is 61.4 Å². The maximum Gasteiger partial charge on any atom is 0.243 e. The van der Waals surface area contributed by atoms with E-state index < -0.39 is 0 Å². The molecule has 0 aliphatic carbocycles. The fourth-order valence-corrected chi connectivity index (χ4v) is 3.97. The molecule has 5 nitrogen and oxygen atoms in total. The van der Waals surface area contributed by atoms with Crippen LogP contribution in [0.15, 0.2) is 17.5 Å². The number of halogens is 1. The van der Waals surface area contributed by atoms with Crippen molar-refractivity contribution in [2.24, 2.45) is 0 Å². The van der Waals surface area contributed by atoms with Crippen molar-refractivity contribution >= 4 is 35.6 Å². The summed E-state index contributed by atoms with van der Waals surface area (Å²) in [6, 6.07) is 3.85. The van der Waals surface area contributed by atoms with Gasteiger partial charge < -0.3 is 15.5 Å². The van der Waals surface area contributed by atoms with Crippen LogP contribution < -0.4 is 10.6 Å². The van der Waals surface area contributed by atoms with Crippen LogP contribution in [0.1, 0.15) is 30.6 Å². The second-order valence-electron chi connectivity index (χ2n) is 6.05. The molecule has 0 bridgehead atoms. The first-order valence-corrected chi connectivity index (χ1v) is 8.95. The van der Waals surface area contributed by atoms with Crippen molar-refractivity contribution in [2.75, 3.05) is 19.6 Å². The Morgan fingerprint density at radius 2 is 2.22 bits per heavy atom. The molecule has 2 N–H and O–H groups in total. The van der Waals surface area contributed by atoms with Gasteiger partial charge in [-0.05, 0) is 43.7 Å². The molecule has 2 amide bonds. The van der Waals surface area contributed by atoms with E-state index in [9.17, 15) is 9.59 Å². The van der Waals surface area contributed by atoms with Gasteiger partial charge in [-0.3, -0.25) is 9.59 Å². The monoisotopic (exact) mass is 357 g/mol. The van der Waals surface area contributed by atoms with Gasteiger partial charge in [-0.2, -0.15) is 0 Å².